The highest BCUT2D eigenvalue weighted by Crippen LogP contribution is 2.39. The first kappa shape index (κ1) is 15.3. The minimum atomic E-state index is -0.555. The van der Waals surface area contributed by atoms with Gasteiger partial charge in [-0.1, -0.05) is 0 Å². The molecular formula is C11H8I2O5. The zero-order chi connectivity index (χ0) is 13.9. The van der Waals surface area contributed by atoms with Gasteiger partial charge < -0.3 is 9.47 Å². The molecule has 0 saturated heterocycles. The fourth-order valence-electron chi connectivity index (χ4n) is 1.16. The Balaban J connectivity index is 3.46. The fraction of sp³-hybridized carbons (Fsp3) is 0.182. The van der Waals surface area contributed by atoms with Crippen LogP contribution in [0.15, 0.2) is 6.07 Å². The third kappa shape index (κ3) is 3.64. The molecule has 0 bridgehead atoms. The van der Waals surface area contributed by atoms with E-state index < -0.39 is 11.9 Å². The van der Waals surface area contributed by atoms with Crippen molar-refractivity contribution in [3.05, 3.63) is 18.8 Å². The molecule has 0 heterocycles. The summed E-state index contributed by atoms with van der Waals surface area (Å²) in [6.45, 7) is 2.47. The van der Waals surface area contributed by atoms with Gasteiger partial charge in [0.15, 0.2) is 17.8 Å². The van der Waals surface area contributed by atoms with Crippen LogP contribution in [0, 0.1) is 7.14 Å². The predicted octanol–water partition coefficient (Wildman–Crippen LogP) is 2.56. The molecule has 0 saturated carbocycles. The van der Waals surface area contributed by atoms with Crippen molar-refractivity contribution in [2.45, 2.75) is 13.8 Å². The average Bonchev–Trinajstić information content (AvgIpc) is 2.27. The molecule has 96 valence electrons. The fourth-order valence-corrected chi connectivity index (χ4v) is 2.49. The van der Waals surface area contributed by atoms with Crippen LogP contribution in [0.25, 0.3) is 0 Å². The van der Waals surface area contributed by atoms with Crippen molar-refractivity contribution in [1.82, 2.24) is 0 Å². The van der Waals surface area contributed by atoms with Crippen LogP contribution in [-0.4, -0.2) is 18.2 Å². The number of hydrogen-bond acceptors (Lipinski definition) is 5. The summed E-state index contributed by atoms with van der Waals surface area (Å²) in [5.41, 5.74) is 0.368. The molecule has 0 N–H and O–H groups in total. The molecule has 1 rings (SSSR count). The standard InChI is InChI=1S/C11H8I2O5/c1-5(15)17-10-8(12)3-7(4-14)9(13)11(10)18-6(2)16/h3-4H,1-2H3. The molecular weight excluding hydrogens is 466 g/mol. The molecule has 1 aromatic rings. The Hall–Kier alpha value is -0.710. The molecule has 5 nitrogen and oxygen atoms in total. The Labute approximate surface area is 130 Å². The van der Waals surface area contributed by atoms with Gasteiger partial charge in [0.2, 0.25) is 0 Å². The van der Waals surface area contributed by atoms with Gasteiger partial charge in [-0.15, -0.1) is 0 Å². The van der Waals surface area contributed by atoms with Gasteiger partial charge in [-0.3, -0.25) is 14.4 Å². The highest BCUT2D eigenvalue weighted by molar-refractivity contribution is 14.1. The van der Waals surface area contributed by atoms with E-state index in [0.29, 0.717) is 19.0 Å². The Morgan fingerprint density at radius 1 is 1.11 bits per heavy atom. The molecule has 7 heteroatoms. The molecule has 0 aliphatic rings. The van der Waals surface area contributed by atoms with Crippen LogP contribution in [0.3, 0.4) is 0 Å². The lowest BCUT2D eigenvalue weighted by Crippen LogP contribution is -2.10. The van der Waals surface area contributed by atoms with E-state index in [2.05, 4.69) is 0 Å². The maximum Gasteiger partial charge on any atom is 0.308 e. The number of halogens is 2. The van der Waals surface area contributed by atoms with Crippen molar-refractivity contribution in [3.63, 3.8) is 0 Å². The zero-order valence-electron chi connectivity index (χ0n) is 9.45. The van der Waals surface area contributed by atoms with Gasteiger partial charge in [0.25, 0.3) is 0 Å². The first-order chi connectivity index (χ1) is 8.36. The molecule has 1 aromatic carbocycles. The SMILES string of the molecule is CC(=O)Oc1c(I)cc(C=O)c(I)c1OC(C)=O. The van der Waals surface area contributed by atoms with E-state index in [0.717, 1.165) is 0 Å². The summed E-state index contributed by atoms with van der Waals surface area (Å²) < 4.78 is 11.0. The lowest BCUT2D eigenvalue weighted by Gasteiger charge is -2.13. The van der Waals surface area contributed by atoms with Gasteiger partial charge in [0.1, 0.15) is 0 Å². The molecule has 0 radical (unpaired) electrons. The normalized spacial score (nSPS) is 9.78. The van der Waals surface area contributed by atoms with Crippen LogP contribution in [0.4, 0.5) is 0 Å². The molecule has 18 heavy (non-hydrogen) atoms. The van der Waals surface area contributed by atoms with Gasteiger partial charge >= 0.3 is 11.9 Å². The lowest BCUT2D eigenvalue weighted by atomic mass is 10.2. The van der Waals surface area contributed by atoms with Crippen LogP contribution in [0.1, 0.15) is 24.2 Å². The molecule has 0 atom stereocenters. The number of rotatable bonds is 3. The molecule has 0 spiro atoms. The molecule has 0 aliphatic heterocycles. The second-order valence-electron chi connectivity index (χ2n) is 3.22. The Morgan fingerprint density at radius 3 is 2.06 bits per heavy atom. The monoisotopic (exact) mass is 474 g/mol. The van der Waals surface area contributed by atoms with Gasteiger partial charge in [-0.05, 0) is 51.2 Å². The van der Waals surface area contributed by atoms with E-state index in [9.17, 15) is 14.4 Å². The maximum atomic E-state index is 11.1. The van der Waals surface area contributed by atoms with Crippen molar-refractivity contribution in [2.75, 3.05) is 0 Å². The van der Waals surface area contributed by atoms with Gasteiger partial charge in [0, 0.05) is 19.4 Å². The first-order valence-electron chi connectivity index (χ1n) is 4.70. The van der Waals surface area contributed by atoms with Gasteiger partial charge in [-0.2, -0.15) is 0 Å². The highest BCUT2D eigenvalue weighted by Gasteiger charge is 2.20. The third-order valence-corrected chi connectivity index (χ3v) is 3.69. The summed E-state index contributed by atoms with van der Waals surface area (Å²) in [6.07, 6.45) is 0.647. The quantitative estimate of drug-likeness (QED) is 0.292. The van der Waals surface area contributed by atoms with Crippen molar-refractivity contribution in [3.8, 4) is 11.5 Å². The Bertz CT molecular complexity index is 525. The minimum Gasteiger partial charge on any atom is -0.422 e. The summed E-state index contributed by atoms with van der Waals surface area (Å²) >= 11 is 3.76. The summed E-state index contributed by atoms with van der Waals surface area (Å²) in [7, 11) is 0. The van der Waals surface area contributed by atoms with E-state index in [1.54, 1.807) is 6.07 Å². The average molecular weight is 474 g/mol. The molecule has 0 aliphatic carbocycles. The second kappa shape index (κ2) is 6.45. The maximum absolute atomic E-state index is 11.1. The first-order valence-corrected chi connectivity index (χ1v) is 6.86. The predicted molar refractivity (Wildman–Crippen MR) is 79.9 cm³/mol. The topological polar surface area (TPSA) is 69.7 Å². The van der Waals surface area contributed by atoms with Crippen LogP contribution >= 0.6 is 45.2 Å². The summed E-state index contributed by atoms with van der Waals surface area (Å²) in [5.74, 6) is -0.850. The van der Waals surface area contributed by atoms with Gasteiger partial charge in [-0.25, -0.2) is 0 Å². The molecule has 0 amide bonds. The van der Waals surface area contributed by atoms with E-state index in [1.165, 1.54) is 13.8 Å². The number of carbonyl (C=O) groups is 3. The van der Waals surface area contributed by atoms with Crippen molar-refractivity contribution in [2.24, 2.45) is 0 Å². The number of esters is 2. The molecule has 0 aromatic heterocycles. The number of carbonyl (C=O) groups excluding carboxylic acids is 3. The third-order valence-electron chi connectivity index (χ3n) is 1.78. The van der Waals surface area contributed by atoms with Crippen LogP contribution in [-0.2, 0) is 9.59 Å². The minimum absolute atomic E-state index is 0.0901. The number of aldehydes is 1. The largest absolute Gasteiger partial charge is 0.422 e. The van der Waals surface area contributed by atoms with E-state index in [4.69, 9.17) is 9.47 Å². The molecule has 0 fully saturated rings. The lowest BCUT2D eigenvalue weighted by molar-refractivity contribution is -0.134. The number of benzene rings is 1. The Kier molecular flexibility index (Phi) is 5.50. The van der Waals surface area contributed by atoms with Crippen LogP contribution in [0.2, 0.25) is 0 Å². The summed E-state index contributed by atoms with van der Waals surface area (Å²) in [4.78, 5) is 33.0. The highest BCUT2D eigenvalue weighted by atomic mass is 127. The number of ether oxygens (including phenoxy) is 2. The summed E-state index contributed by atoms with van der Waals surface area (Å²) in [6, 6.07) is 1.56. The van der Waals surface area contributed by atoms with Crippen LogP contribution in [0.5, 0.6) is 11.5 Å². The van der Waals surface area contributed by atoms with Gasteiger partial charge in [0.05, 0.1) is 7.14 Å². The smallest absolute Gasteiger partial charge is 0.308 e. The molecule has 0 unspecified atom stereocenters. The van der Waals surface area contributed by atoms with Crippen molar-refractivity contribution >= 4 is 63.4 Å². The van der Waals surface area contributed by atoms with Crippen LogP contribution < -0.4 is 9.47 Å². The summed E-state index contributed by atoms with van der Waals surface area (Å²) in [5, 5.41) is 0. The van der Waals surface area contributed by atoms with E-state index in [1.807, 2.05) is 45.2 Å². The van der Waals surface area contributed by atoms with Crippen molar-refractivity contribution < 1.29 is 23.9 Å². The zero-order valence-corrected chi connectivity index (χ0v) is 13.8. The van der Waals surface area contributed by atoms with E-state index >= 15 is 0 Å². The van der Waals surface area contributed by atoms with Crippen molar-refractivity contribution in [1.29, 1.82) is 0 Å². The second-order valence-corrected chi connectivity index (χ2v) is 5.47. The number of hydrogen-bond donors (Lipinski definition) is 0. The van der Waals surface area contributed by atoms with E-state index in [-0.39, 0.29) is 11.5 Å². The Morgan fingerprint density at radius 2 is 1.61 bits per heavy atom.